The molecular formula is C27H36FN3O7S. The lowest BCUT2D eigenvalue weighted by Crippen LogP contribution is -2.51. The van der Waals surface area contributed by atoms with Crippen molar-refractivity contribution in [1.82, 2.24) is 9.62 Å². The number of aliphatic hydroxyl groups excluding tert-OH is 1. The van der Waals surface area contributed by atoms with Gasteiger partial charge in [0, 0.05) is 26.4 Å². The molecule has 0 bridgehead atoms. The summed E-state index contributed by atoms with van der Waals surface area (Å²) < 4.78 is 53.2. The second-order valence-corrected chi connectivity index (χ2v) is 11.9. The number of hydrogen-bond acceptors (Lipinski definition) is 7. The number of carbonyl (C=O) groups is 2. The van der Waals surface area contributed by atoms with Crippen LogP contribution in [0.15, 0.2) is 53.4 Å². The zero-order valence-corrected chi connectivity index (χ0v) is 23.1. The molecule has 1 unspecified atom stereocenters. The number of alkyl carbamates (subject to hydrolysis) is 1. The van der Waals surface area contributed by atoms with Crippen LogP contribution in [0, 0.1) is 11.7 Å². The van der Waals surface area contributed by atoms with E-state index in [1.54, 1.807) is 0 Å². The molecule has 214 valence electrons. The van der Waals surface area contributed by atoms with Gasteiger partial charge in [0.2, 0.25) is 15.9 Å². The quantitative estimate of drug-likeness (QED) is 0.360. The van der Waals surface area contributed by atoms with Gasteiger partial charge in [-0.25, -0.2) is 17.6 Å². The van der Waals surface area contributed by atoms with Crippen molar-refractivity contribution in [2.24, 2.45) is 5.92 Å². The number of rotatable bonds is 12. The molecule has 2 aromatic rings. The molecule has 1 heterocycles. The van der Waals surface area contributed by atoms with Crippen LogP contribution in [0.4, 0.5) is 14.9 Å². The molecule has 3 N–H and O–H groups in total. The fourth-order valence-electron chi connectivity index (χ4n) is 4.21. The summed E-state index contributed by atoms with van der Waals surface area (Å²) in [6.45, 7) is 5.31. The van der Waals surface area contributed by atoms with E-state index in [2.05, 4.69) is 10.6 Å². The first-order chi connectivity index (χ1) is 18.5. The number of ether oxygens (including phenoxy) is 2. The molecule has 1 aliphatic heterocycles. The highest BCUT2D eigenvalue weighted by Gasteiger charge is 2.32. The summed E-state index contributed by atoms with van der Waals surface area (Å²) in [6.07, 6.45) is -1.66. The zero-order valence-electron chi connectivity index (χ0n) is 22.3. The van der Waals surface area contributed by atoms with Crippen LogP contribution in [0.1, 0.15) is 32.8 Å². The molecule has 0 radical (unpaired) electrons. The van der Waals surface area contributed by atoms with Crippen LogP contribution in [0.3, 0.4) is 0 Å². The Morgan fingerprint density at radius 1 is 1.18 bits per heavy atom. The number of halogens is 1. The molecule has 2 aromatic carbocycles. The summed E-state index contributed by atoms with van der Waals surface area (Å²) in [7, 11) is -4.22. The van der Waals surface area contributed by atoms with Crippen molar-refractivity contribution in [3.05, 3.63) is 59.9 Å². The summed E-state index contributed by atoms with van der Waals surface area (Å²) in [4.78, 5) is 23.9. The summed E-state index contributed by atoms with van der Waals surface area (Å²) >= 11 is 0. The Balaban J connectivity index is 1.85. The maximum Gasteiger partial charge on any atom is 0.407 e. The SMILES string of the molecule is CC(=O)Nc1cc(S(=O)(=O)N(CC(C)C)C[C@H](O)C(Cc2ccccc2)NC(=O)O[C@H]2CCOC2)ccc1F. The molecule has 10 nitrogen and oxygen atoms in total. The Bertz CT molecular complexity index is 1220. The highest BCUT2D eigenvalue weighted by atomic mass is 32.2. The third-order valence-electron chi connectivity index (χ3n) is 6.07. The van der Waals surface area contributed by atoms with Crippen LogP contribution in [-0.2, 0) is 30.7 Å². The lowest BCUT2D eigenvalue weighted by atomic mass is 10.0. The fraction of sp³-hybridized carbons (Fsp3) is 0.481. The highest BCUT2D eigenvalue weighted by molar-refractivity contribution is 7.89. The van der Waals surface area contributed by atoms with Gasteiger partial charge in [0.05, 0.1) is 35.9 Å². The molecule has 0 aromatic heterocycles. The van der Waals surface area contributed by atoms with Crippen LogP contribution in [0.2, 0.25) is 0 Å². The van der Waals surface area contributed by atoms with Gasteiger partial charge in [-0.3, -0.25) is 4.79 Å². The van der Waals surface area contributed by atoms with E-state index < -0.39 is 46.1 Å². The molecule has 0 saturated carbocycles. The van der Waals surface area contributed by atoms with Crippen LogP contribution >= 0.6 is 0 Å². The van der Waals surface area contributed by atoms with Gasteiger partial charge >= 0.3 is 6.09 Å². The number of nitrogens with zero attached hydrogens (tertiary/aromatic N) is 1. The van der Waals surface area contributed by atoms with Gasteiger partial charge in [0.1, 0.15) is 11.9 Å². The number of anilines is 1. The van der Waals surface area contributed by atoms with E-state index in [0.29, 0.717) is 13.0 Å². The van der Waals surface area contributed by atoms with Crippen LogP contribution in [0.5, 0.6) is 0 Å². The zero-order chi connectivity index (χ0) is 28.6. The first kappa shape index (κ1) is 30.5. The molecular weight excluding hydrogens is 529 g/mol. The number of nitrogens with one attached hydrogen (secondary N) is 2. The molecule has 39 heavy (non-hydrogen) atoms. The van der Waals surface area contributed by atoms with E-state index in [0.717, 1.165) is 28.1 Å². The standard InChI is InChI=1S/C27H36FN3O7S/c1-18(2)15-31(39(35,36)22-9-10-23(28)24(14-22)29-19(3)32)16-26(33)25(13-20-7-5-4-6-8-20)30-27(34)38-21-11-12-37-17-21/h4-10,14,18,21,25-26,33H,11-13,15-17H2,1-3H3,(H,29,32)(H,30,34)/t21-,25?,26-/m0/s1. The van der Waals surface area contributed by atoms with Gasteiger partial charge in [-0.05, 0) is 36.1 Å². The lowest BCUT2D eigenvalue weighted by molar-refractivity contribution is -0.114. The number of aliphatic hydroxyl groups is 1. The van der Waals surface area contributed by atoms with Crippen molar-refractivity contribution in [2.45, 2.75) is 56.8 Å². The normalized spacial score (nSPS) is 17.2. The molecule has 12 heteroatoms. The number of sulfonamides is 1. The Hall–Kier alpha value is -3.06. The fourth-order valence-corrected chi connectivity index (χ4v) is 5.86. The summed E-state index contributed by atoms with van der Waals surface area (Å²) in [5, 5.41) is 16.3. The van der Waals surface area contributed by atoms with E-state index >= 15 is 0 Å². The molecule has 0 aliphatic carbocycles. The van der Waals surface area contributed by atoms with Gasteiger partial charge in [-0.15, -0.1) is 0 Å². The molecule has 1 aliphatic rings. The third-order valence-corrected chi connectivity index (χ3v) is 7.90. The van der Waals surface area contributed by atoms with Crippen molar-refractivity contribution in [1.29, 1.82) is 0 Å². The third kappa shape index (κ3) is 8.99. The first-order valence-corrected chi connectivity index (χ1v) is 14.2. The summed E-state index contributed by atoms with van der Waals surface area (Å²) in [5.74, 6) is -1.45. The van der Waals surface area contributed by atoms with Crippen molar-refractivity contribution in [3.63, 3.8) is 0 Å². The smallest absolute Gasteiger partial charge is 0.407 e. The minimum absolute atomic E-state index is 0.0498. The number of hydrogen-bond donors (Lipinski definition) is 3. The van der Waals surface area contributed by atoms with Crippen LogP contribution in [0.25, 0.3) is 0 Å². The predicted octanol–water partition coefficient (Wildman–Crippen LogP) is 2.92. The Morgan fingerprint density at radius 3 is 2.51 bits per heavy atom. The average Bonchev–Trinajstić information content (AvgIpc) is 3.37. The lowest BCUT2D eigenvalue weighted by Gasteiger charge is -2.31. The van der Waals surface area contributed by atoms with Crippen molar-refractivity contribution in [2.75, 3.05) is 31.6 Å². The maximum atomic E-state index is 14.2. The van der Waals surface area contributed by atoms with E-state index in [9.17, 15) is 27.5 Å². The minimum atomic E-state index is -4.22. The molecule has 3 atom stereocenters. The van der Waals surface area contributed by atoms with Crippen molar-refractivity contribution >= 4 is 27.7 Å². The van der Waals surface area contributed by atoms with Gasteiger partial charge in [0.25, 0.3) is 0 Å². The van der Waals surface area contributed by atoms with E-state index in [4.69, 9.17) is 9.47 Å². The van der Waals surface area contributed by atoms with Gasteiger partial charge in [-0.1, -0.05) is 44.2 Å². The van der Waals surface area contributed by atoms with Gasteiger partial charge in [-0.2, -0.15) is 4.31 Å². The first-order valence-electron chi connectivity index (χ1n) is 12.8. The van der Waals surface area contributed by atoms with Crippen LogP contribution in [-0.4, -0.2) is 74.4 Å². The van der Waals surface area contributed by atoms with Crippen molar-refractivity contribution in [3.8, 4) is 0 Å². The predicted molar refractivity (Wildman–Crippen MR) is 143 cm³/mol. The van der Waals surface area contributed by atoms with E-state index in [-0.39, 0.29) is 42.6 Å². The van der Waals surface area contributed by atoms with E-state index in [1.807, 2.05) is 44.2 Å². The summed E-state index contributed by atoms with van der Waals surface area (Å²) in [5.41, 5.74) is 0.554. The average molecular weight is 566 g/mol. The largest absolute Gasteiger partial charge is 0.444 e. The second-order valence-electron chi connectivity index (χ2n) is 9.94. The second kappa shape index (κ2) is 13.8. The summed E-state index contributed by atoms with van der Waals surface area (Å²) in [6, 6.07) is 11.4. The number of amides is 2. The monoisotopic (exact) mass is 565 g/mol. The maximum absolute atomic E-state index is 14.2. The molecule has 2 amide bonds. The van der Waals surface area contributed by atoms with E-state index in [1.165, 1.54) is 6.92 Å². The van der Waals surface area contributed by atoms with Gasteiger partial charge in [0.15, 0.2) is 0 Å². The molecule has 1 saturated heterocycles. The highest BCUT2D eigenvalue weighted by Crippen LogP contribution is 2.24. The number of carbonyl (C=O) groups excluding carboxylic acids is 2. The van der Waals surface area contributed by atoms with Crippen LogP contribution < -0.4 is 10.6 Å². The molecule has 0 spiro atoms. The Morgan fingerprint density at radius 2 is 1.90 bits per heavy atom. The Labute approximate surface area is 228 Å². The van der Waals surface area contributed by atoms with Gasteiger partial charge < -0.3 is 25.2 Å². The topological polar surface area (TPSA) is 134 Å². The molecule has 3 rings (SSSR count). The number of benzene rings is 2. The molecule has 1 fully saturated rings. The van der Waals surface area contributed by atoms with Crippen molar-refractivity contribution < 1.29 is 37.0 Å². The minimum Gasteiger partial charge on any atom is -0.444 e. The Kier molecular flexibility index (Phi) is 10.8.